The van der Waals surface area contributed by atoms with E-state index in [9.17, 15) is 13.6 Å². The lowest BCUT2D eigenvalue weighted by atomic mass is 10.3. The van der Waals surface area contributed by atoms with Crippen molar-refractivity contribution in [1.82, 2.24) is 5.32 Å². The van der Waals surface area contributed by atoms with Crippen LogP contribution in [0.5, 0.6) is 5.75 Å². The Morgan fingerprint density at radius 3 is 2.58 bits per heavy atom. The predicted molar refractivity (Wildman–Crippen MR) is 68.7 cm³/mol. The van der Waals surface area contributed by atoms with E-state index in [2.05, 4.69) is 5.32 Å². The predicted octanol–water partition coefficient (Wildman–Crippen LogP) is 1.53. The van der Waals surface area contributed by atoms with Crippen LogP contribution < -0.4 is 10.1 Å². The largest absolute Gasteiger partial charge is 0.497 e. The second-order valence-electron chi connectivity index (χ2n) is 3.67. The number of aliphatic hydroxyl groups excluding tert-OH is 1. The molecule has 1 aromatic carbocycles. The van der Waals surface area contributed by atoms with Gasteiger partial charge in [0.05, 0.1) is 12.9 Å². The fourth-order valence-corrected chi connectivity index (χ4v) is 1.91. The van der Waals surface area contributed by atoms with Crippen molar-refractivity contribution in [1.29, 1.82) is 0 Å². The summed E-state index contributed by atoms with van der Waals surface area (Å²) >= 11 is 1.27. The maximum Gasteiger partial charge on any atom is 0.265 e. The van der Waals surface area contributed by atoms with E-state index in [1.54, 1.807) is 31.4 Å². The zero-order valence-electron chi connectivity index (χ0n) is 10.3. The van der Waals surface area contributed by atoms with Gasteiger partial charge in [0, 0.05) is 11.4 Å². The highest BCUT2D eigenvalue weighted by atomic mass is 32.2. The van der Waals surface area contributed by atoms with Gasteiger partial charge in [0.1, 0.15) is 11.9 Å². The lowest BCUT2D eigenvalue weighted by Crippen LogP contribution is -2.36. The van der Waals surface area contributed by atoms with Crippen molar-refractivity contribution < 1.29 is 23.4 Å². The van der Waals surface area contributed by atoms with Gasteiger partial charge in [-0.3, -0.25) is 4.79 Å². The zero-order valence-corrected chi connectivity index (χ0v) is 11.1. The smallest absolute Gasteiger partial charge is 0.265 e. The van der Waals surface area contributed by atoms with Crippen LogP contribution in [0.4, 0.5) is 8.78 Å². The number of hydrogen-bond acceptors (Lipinski definition) is 4. The van der Waals surface area contributed by atoms with Crippen LogP contribution in [0.1, 0.15) is 0 Å². The van der Waals surface area contributed by atoms with Crippen LogP contribution in [0.2, 0.25) is 0 Å². The molecule has 7 heteroatoms. The molecule has 1 aromatic rings. The highest BCUT2D eigenvalue weighted by Crippen LogP contribution is 2.20. The highest BCUT2D eigenvalue weighted by molar-refractivity contribution is 8.00. The van der Waals surface area contributed by atoms with Gasteiger partial charge in [-0.15, -0.1) is 11.8 Å². The Morgan fingerprint density at radius 1 is 1.42 bits per heavy atom. The van der Waals surface area contributed by atoms with E-state index in [0.29, 0.717) is 5.75 Å². The van der Waals surface area contributed by atoms with E-state index in [4.69, 9.17) is 9.84 Å². The van der Waals surface area contributed by atoms with Gasteiger partial charge in [-0.2, -0.15) is 0 Å². The summed E-state index contributed by atoms with van der Waals surface area (Å²) in [4.78, 5) is 12.2. The maximum atomic E-state index is 12.0. The fraction of sp³-hybridized carbons (Fsp3) is 0.417. The lowest BCUT2D eigenvalue weighted by Gasteiger charge is -2.10. The second kappa shape index (κ2) is 7.96. The molecule has 0 saturated heterocycles. The topological polar surface area (TPSA) is 58.6 Å². The molecule has 2 N–H and O–H groups in total. The third kappa shape index (κ3) is 5.89. The second-order valence-corrected chi connectivity index (χ2v) is 4.72. The molecule has 1 amide bonds. The Morgan fingerprint density at radius 2 is 2.05 bits per heavy atom. The van der Waals surface area contributed by atoms with Gasteiger partial charge in [-0.05, 0) is 24.3 Å². The first-order valence-corrected chi connectivity index (χ1v) is 6.51. The van der Waals surface area contributed by atoms with Crippen LogP contribution in [-0.4, -0.2) is 43.0 Å². The first-order chi connectivity index (χ1) is 9.02. The Kier molecular flexibility index (Phi) is 6.58. The van der Waals surface area contributed by atoms with E-state index < -0.39 is 25.0 Å². The molecule has 0 aliphatic carbocycles. The van der Waals surface area contributed by atoms with Crippen molar-refractivity contribution >= 4 is 17.7 Å². The summed E-state index contributed by atoms with van der Waals surface area (Å²) in [5.41, 5.74) is 0. The summed E-state index contributed by atoms with van der Waals surface area (Å²) in [7, 11) is 1.56. The molecular formula is C12H15F2NO3S. The summed E-state index contributed by atoms with van der Waals surface area (Å²) in [6, 6.07) is 7.12. The number of rotatable bonds is 7. The first kappa shape index (κ1) is 15.7. The molecule has 0 saturated carbocycles. The number of methoxy groups -OCH3 is 1. The molecule has 0 bridgehead atoms. The molecule has 1 unspecified atom stereocenters. The standard InChI is InChI=1S/C12H15F2NO3S/c1-18-8-2-4-9(5-3-8)19-7-11(17)15-6-10(16)12(13)14/h2-5,10,12,16H,6-7H2,1H3,(H,15,17). The third-order valence-corrected chi connectivity index (χ3v) is 3.24. The third-order valence-electron chi connectivity index (χ3n) is 2.23. The maximum absolute atomic E-state index is 12.0. The van der Waals surface area contributed by atoms with Crippen LogP contribution in [0.3, 0.4) is 0 Å². The monoisotopic (exact) mass is 291 g/mol. The van der Waals surface area contributed by atoms with Gasteiger partial charge in [0.2, 0.25) is 5.91 Å². The lowest BCUT2D eigenvalue weighted by molar-refractivity contribution is -0.119. The quantitative estimate of drug-likeness (QED) is 0.748. The van der Waals surface area contributed by atoms with Crippen molar-refractivity contribution in [2.45, 2.75) is 17.4 Å². The number of alkyl halides is 2. The van der Waals surface area contributed by atoms with E-state index in [1.165, 1.54) is 11.8 Å². The minimum atomic E-state index is -2.85. The summed E-state index contributed by atoms with van der Waals surface area (Å²) in [5.74, 6) is 0.414. The highest BCUT2D eigenvalue weighted by Gasteiger charge is 2.17. The molecule has 1 rings (SSSR count). The van der Waals surface area contributed by atoms with Crippen molar-refractivity contribution in [3.05, 3.63) is 24.3 Å². The minimum Gasteiger partial charge on any atom is -0.497 e. The zero-order chi connectivity index (χ0) is 14.3. The van der Waals surface area contributed by atoms with E-state index in [1.807, 2.05) is 0 Å². The molecule has 0 aliphatic heterocycles. The number of benzene rings is 1. The normalized spacial score (nSPS) is 12.3. The Bertz CT molecular complexity index is 400. The van der Waals surface area contributed by atoms with Gasteiger partial charge in [-0.1, -0.05) is 0 Å². The van der Waals surface area contributed by atoms with Gasteiger partial charge in [0.25, 0.3) is 6.43 Å². The Labute approximate surface area is 114 Å². The van der Waals surface area contributed by atoms with Gasteiger partial charge >= 0.3 is 0 Å². The molecule has 0 radical (unpaired) electrons. The van der Waals surface area contributed by atoms with Crippen molar-refractivity contribution in [3.8, 4) is 5.75 Å². The van der Waals surface area contributed by atoms with Crippen molar-refractivity contribution in [2.75, 3.05) is 19.4 Å². The summed E-state index contributed by atoms with van der Waals surface area (Å²) in [6.45, 7) is -0.445. The van der Waals surface area contributed by atoms with Crippen LogP contribution >= 0.6 is 11.8 Å². The average Bonchev–Trinajstić information content (AvgIpc) is 2.42. The Balaban J connectivity index is 2.29. The van der Waals surface area contributed by atoms with E-state index >= 15 is 0 Å². The summed E-state index contributed by atoms with van der Waals surface area (Å²) < 4.78 is 29.0. The molecule has 0 aliphatic rings. The molecular weight excluding hydrogens is 276 g/mol. The van der Waals surface area contributed by atoms with Crippen molar-refractivity contribution in [2.24, 2.45) is 0 Å². The minimum absolute atomic E-state index is 0.0995. The van der Waals surface area contributed by atoms with Crippen molar-refractivity contribution in [3.63, 3.8) is 0 Å². The molecule has 1 atom stereocenters. The number of hydrogen-bond donors (Lipinski definition) is 2. The van der Waals surface area contributed by atoms with E-state index in [0.717, 1.165) is 4.90 Å². The molecule has 106 valence electrons. The fourth-order valence-electron chi connectivity index (χ4n) is 1.18. The number of carbonyl (C=O) groups excluding carboxylic acids is 1. The SMILES string of the molecule is COc1ccc(SCC(=O)NCC(O)C(F)F)cc1. The number of halogens is 2. The molecule has 0 aromatic heterocycles. The number of thioether (sulfide) groups is 1. The van der Waals surface area contributed by atoms with Crippen LogP contribution in [0, 0.1) is 0 Å². The molecule has 0 spiro atoms. The Hall–Kier alpha value is -1.34. The molecule has 0 heterocycles. The summed E-state index contributed by atoms with van der Waals surface area (Å²) in [5, 5.41) is 11.1. The van der Waals surface area contributed by atoms with Crippen LogP contribution in [0.25, 0.3) is 0 Å². The molecule has 19 heavy (non-hydrogen) atoms. The van der Waals surface area contributed by atoms with Gasteiger partial charge in [0.15, 0.2) is 0 Å². The van der Waals surface area contributed by atoms with Crippen LogP contribution in [0.15, 0.2) is 29.2 Å². The summed E-state index contributed by atoms with van der Waals surface area (Å²) in [6.07, 6.45) is -4.68. The van der Waals surface area contributed by atoms with Crippen LogP contribution in [-0.2, 0) is 4.79 Å². The molecule has 0 fully saturated rings. The van der Waals surface area contributed by atoms with Gasteiger partial charge in [-0.25, -0.2) is 8.78 Å². The van der Waals surface area contributed by atoms with Gasteiger partial charge < -0.3 is 15.2 Å². The number of nitrogens with one attached hydrogen (secondary N) is 1. The number of amides is 1. The number of ether oxygens (including phenoxy) is 1. The van der Waals surface area contributed by atoms with E-state index in [-0.39, 0.29) is 5.75 Å². The number of carbonyl (C=O) groups is 1. The average molecular weight is 291 g/mol. The molecule has 4 nitrogen and oxygen atoms in total. The first-order valence-electron chi connectivity index (χ1n) is 5.52. The number of aliphatic hydroxyl groups is 1.